The van der Waals surface area contributed by atoms with E-state index in [0.29, 0.717) is 32.0 Å². The fourth-order valence-corrected chi connectivity index (χ4v) is 2.52. The second-order valence-electron chi connectivity index (χ2n) is 5.06. The maximum Gasteiger partial charge on any atom is 0.320 e. The van der Waals surface area contributed by atoms with Crippen molar-refractivity contribution >= 4 is 11.9 Å². The van der Waals surface area contributed by atoms with Crippen LogP contribution in [0.25, 0.3) is 0 Å². The van der Waals surface area contributed by atoms with Crippen LogP contribution in [-0.2, 0) is 4.79 Å². The van der Waals surface area contributed by atoms with Crippen molar-refractivity contribution in [1.82, 2.24) is 15.1 Å². The molecule has 17 heavy (non-hydrogen) atoms. The van der Waals surface area contributed by atoms with Crippen LogP contribution in [0.2, 0.25) is 0 Å². The Labute approximate surface area is 102 Å². The van der Waals surface area contributed by atoms with E-state index in [4.69, 9.17) is 0 Å². The molecule has 1 atom stereocenters. The highest BCUT2D eigenvalue weighted by Gasteiger charge is 2.26. The fraction of sp³-hybridized carbons (Fsp3) is 0.833. The summed E-state index contributed by atoms with van der Waals surface area (Å²) in [7, 11) is 0. The van der Waals surface area contributed by atoms with Gasteiger partial charge >= 0.3 is 6.03 Å². The molecule has 1 N–H and O–H groups in total. The zero-order valence-electron chi connectivity index (χ0n) is 10.4. The molecule has 96 valence electrons. The summed E-state index contributed by atoms with van der Waals surface area (Å²) in [6.07, 6.45) is 2.73. The van der Waals surface area contributed by atoms with Crippen molar-refractivity contribution in [2.45, 2.75) is 26.2 Å². The number of hydrogen-bond donors (Lipinski definition) is 1. The van der Waals surface area contributed by atoms with E-state index in [0.717, 1.165) is 19.5 Å². The second kappa shape index (κ2) is 5.38. The molecule has 5 heteroatoms. The van der Waals surface area contributed by atoms with Gasteiger partial charge in [0.2, 0.25) is 5.91 Å². The van der Waals surface area contributed by atoms with Gasteiger partial charge in [-0.05, 0) is 18.8 Å². The molecule has 0 aliphatic carbocycles. The molecule has 2 rings (SSSR count). The predicted octanol–water partition coefficient (Wildman–Crippen LogP) is 0.660. The lowest BCUT2D eigenvalue weighted by molar-refractivity contribution is -0.120. The molecule has 2 aliphatic rings. The predicted molar refractivity (Wildman–Crippen MR) is 64.6 cm³/mol. The topological polar surface area (TPSA) is 52.7 Å². The minimum Gasteiger partial charge on any atom is -0.354 e. The minimum absolute atomic E-state index is 0.0484. The standard InChI is InChI=1S/C12H21N3O2/c1-10-3-2-6-15(9-10)12(17)14-7-4-11(16)13-5-8-14/h10H,2-9H2,1H3,(H,13,16). The highest BCUT2D eigenvalue weighted by molar-refractivity contribution is 5.79. The van der Waals surface area contributed by atoms with Gasteiger partial charge in [0.05, 0.1) is 0 Å². The summed E-state index contributed by atoms with van der Waals surface area (Å²) in [5.74, 6) is 0.645. The number of hydrogen-bond acceptors (Lipinski definition) is 2. The molecule has 0 aromatic rings. The van der Waals surface area contributed by atoms with E-state index in [1.165, 1.54) is 6.42 Å². The maximum atomic E-state index is 12.3. The van der Waals surface area contributed by atoms with Crippen LogP contribution in [0.3, 0.4) is 0 Å². The van der Waals surface area contributed by atoms with Gasteiger partial charge in [-0.1, -0.05) is 6.92 Å². The van der Waals surface area contributed by atoms with Crippen molar-refractivity contribution < 1.29 is 9.59 Å². The summed E-state index contributed by atoms with van der Waals surface area (Å²) < 4.78 is 0. The van der Waals surface area contributed by atoms with E-state index < -0.39 is 0 Å². The third-order valence-electron chi connectivity index (χ3n) is 3.51. The van der Waals surface area contributed by atoms with Gasteiger partial charge in [-0.25, -0.2) is 4.79 Å². The van der Waals surface area contributed by atoms with E-state index >= 15 is 0 Å². The Morgan fingerprint density at radius 1 is 1.29 bits per heavy atom. The zero-order valence-corrected chi connectivity index (χ0v) is 10.4. The van der Waals surface area contributed by atoms with E-state index in [1.54, 1.807) is 4.90 Å². The van der Waals surface area contributed by atoms with Gasteiger partial charge in [-0.15, -0.1) is 0 Å². The normalized spacial score (nSPS) is 26.4. The molecule has 2 saturated heterocycles. The Morgan fingerprint density at radius 3 is 2.88 bits per heavy atom. The first-order valence-electron chi connectivity index (χ1n) is 6.47. The van der Waals surface area contributed by atoms with E-state index in [-0.39, 0.29) is 11.9 Å². The second-order valence-corrected chi connectivity index (χ2v) is 5.06. The van der Waals surface area contributed by atoms with E-state index in [9.17, 15) is 9.59 Å². The molecular weight excluding hydrogens is 218 g/mol. The molecule has 0 saturated carbocycles. The number of urea groups is 1. The van der Waals surface area contributed by atoms with Crippen LogP contribution >= 0.6 is 0 Å². The first-order valence-corrected chi connectivity index (χ1v) is 6.47. The largest absolute Gasteiger partial charge is 0.354 e. The lowest BCUT2D eigenvalue weighted by atomic mass is 10.0. The summed E-state index contributed by atoms with van der Waals surface area (Å²) in [5, 5.41) is 2.79. The Balaban J connectivity index is 1.91. The molecule has 0 aromatic heterocycles. The van der Waals surface area contributed by atoms with Gasteiger partial charge in [0.25, 0.3) is 0 Å². The Bertz CT molecular complexity index is 306. The van der Waals surface area contributed by atoms with Crippen LogP contribution < -0.4 is 5.32 Å². The van der Waals surface area contributed by atoms with Crippen LogP contribution in [0.1, 0.15) is 26.2 Å². The number of likely N-dealkylation sites (tertiary alicyclic amines) is 1. The minimum atomic E-state index is 0.0484. The number of amides is 3. The molecule has 0 aromatic carbocycles. The number of carbonyl (C=O) groups is 2. The first-order chi connectivity index (χ1) is 8.16. The molecule has 2 aliphatic heterocycles. The van der Waals surface area contributed by atoms with Crippen LogP contribution in [0, 0.1) is 5.92 Å². The van der Waals surface area contributed by atoms with Crippen LogP contribution in [0.4, 0.5) is 4.79 Å². The van der Waals surface area contributed by atoms with Crippen LogP contribution in [0.5, 0.6) is 0 Å². The zero-order chi connectivity index (χ0) is 12.3. The summed E-state index contributed by atoms with van der Waals surface area (Å²) in [6, 6.07) is 0.105. The third kappa shape index (κ3) is 3.11. The lowest BCUT2D eigenvalue weighted by Gasteiger charge is -2.34. The molecule has 2 fully saturated rings. The molecular formula is C12H21N3O2. The monoisotopic (exact) mass is 239 g/mol. The Kier molecular flexibility index (Phi) is 3.86. The maximum absolute atomic E-state index is 12.3. The number of nitrogens with one attached hydrogen (secondary N) is 1. The molecule has 3 amide bonds. The summed E-state index contributed by atoms with van der Waals surface area (Å²) in [5.41, 5.74) is 0. The van der Waals surface area contributed by atoms with Gasteiger partial charge in [0.1, 0.15) is 0 Å². The Morgan fingerprint density at radius 2 is 2.12 bits per heavy atom. The Hall–Kier alpha value is -1.26. The summed E-state index contributed by atoms with van der Waals surface area (Å²) in [4.78, 5) is 27.2. The number of carbonyl (C=O) groups excluding carboxylic acids is 2. The fourth-order valence-electron chi connectivity index (χ4n) is 2.52. The van der Waals surface area contributed by atoms with Gasteiger partial charge in [-0.3, -0.25) is 4.79 Å². The molecule has 2 heterocycles. The molecule has 0 spiro atoms. The quantitative estimate of drug-likeness (QED) is 0.675. The van der Waals surface area contributed by atoms with Crippen LogP contribution in [-0.4, -0.2) is 54.5 Å². The number of rotatable bonds is 0. The smallest absolute Gasteiger partial charge is 0.320 e. The summed E-state index contributed by atoms with van der Waals surface area (Å²) in [6.45, 7) is 5.67. The van der Waals surface area contributed by atoms with Gasteiger partial charge in [0.15, 0.2) is 0 Å². The lowest BCUT2D eigenvalue weighted by Crippen LogP contribution is -2.48. The average Bonchev–Trinajstić information content (AvgIpc) is 2.53. The van der Waals surface area contributed by atoms with Crippen molar-refractivity contribution in [2.75, 3.05) is 32.7 Å². The number of piperidine rings is 1. The first kappa shape index (κ1) is 12.2. The molecule has 1 unspecified atom stereocenters. The summed E-state index contributed by atoms with van der Waals surface area (Å²) >= 11 is 0. The third-order valence-corrected chi connectivity index (χ3v) is 3.51. The molecule has 0 bridgehead atoms. The SMILES string of the molecule is CC1CCCN(C(=O)N2CCNC(=O)CC2)C1. The van der Waals surface area contributed by atoms with Crippen molar-refractivity contribution in [3.05, 3.63) is 0 Å². The van der Waals surface area contributed by atoms with Crippen LogP contribution in [0.15, 0.2) is 0 Å². The molecule has 0 radical (unpaired) electrons. The highest BCUT2D eigenvalue weighted by atomic mass is 16.2. The average molecular weight is 239 g/mol. The van der Waals surface area contributed by atoms with Gasteiger partial charge < -0.3 is 15.1 Å². The highest BCUT2D eigenvalue weighted by Crippen LogP contribution is 2.17. The van der Waals surface area contributed by atoms with Crippen molar-refractivity contribution in [1.29, 1.82) is 0 Å². The van der Waals surface area contributed by atoms with Gasteiger partial charge in [0, 0.05) is 39.1 Å². The van der Waals surface area contributed by atoms with Crippen molar-refractivity contribution in [2.24, 2.45) is 5.92 Å². The number of nitrogens with zero attached hydrogens (tertiary/aromatic N) is 2. The van der Waals surface area contributed by atoms with Gasteiger partial charge in [-0.2, -0.15) is 0 Å². The van der Waals surface area contributed by atoms with E-state index in [2.05, 4.69) is 12.2 Å². The molecule has 5 nitrogen and oxygen atoms in total. The van der Waals surface area contributed by atoms with E-state index in [1.807, 2.05) is 4.90 Å². The van der Waals surface area contributed by atoms with Crippen molar-refractivity contribution in [3.63, 3.8) is 0 Å². The van der Waals surface area contributed by atoms with Crippen molar-refractivity contribution in [3.8, 4) is 0 Å².